The van der Waals surface area contributed by atoms with Gasteiger partial charge < -0.3 is 10.1 Å². The van der Waals surface area contributed by atoms with Crippen LogP contribution in [-0.4, -0.2) is 30.3 Å². The lowest BCUT2D eigenvalue weighted by atomic mass is 9.82. The van der Waals surface area contributed by atoms with Crippen LogP contribution in [0, 0.1) is 23.7 Å². The lowest BCUT2D eigenvalue weighted by Crippen LogP contribution is -2.33. The maximum absolute atomic E-state index is 13.1. The molecule has 1 heterocycles. The van der Waals surface area contributed by atoms with E-state index in [1.165, 1.54) is 34.7 Å². The molecule has 2 aromatic carbocycles. The van der Waals surface area contributed by atoms with Crippen LogP contribution in [0.1, 0.15) is 23.7 Å². The molecule has 5 rings (SSSR count). The number of amides is 3. The van der Waals surface area contributed by atoms with Crippen LogP contribution < -0.4 is 10.2 Å². The lowest BCUT2D eigenvalue weighted by Gasteiger charge is -2.19. The van der Waals surface area contributed by atoms with Crippen molar-refractivity contribution in [2.75, 3.05) is 16.8 Å². The van der Waals surface area contributed by atoms with Crippen LogP contribution in [0.5, 0.6) is 0 Å². The van der Waals surface area contributed by atoms with Gasteiger partial charge >= 0.3 is 5.97 Å². The number of ether oxygens (including phenoxy) is 1. The van der Waals surface area contributed by atoms with Crippen molar-refractivity contribution >= 4 is 58.3 Å². The van der Waals surface area contributed by atoms with Crippen LogP contribution in [0.25, 0.3) is 0 Å². The van der Waals surface area contributed by atoms with Gasteiger partial charge in [-0.2, -0.15) is 0 Å². The van der Waals surface area contributed by atoms with Crippen molar-refractivity contribution in [2.45, 2.75) is 13.3 Å². The Morgan fingerprint density at radius 1 is 1.09 bits per heavy atom. The number of carbonyl (C=O) groups is 4. The molecule has 2 bridgehead atoms. The SMILES string of the molecule is CC1=C[C@H]2C[C@H]1[C@H]1C(=O)N(c3cccc(C(=O)OCC(=O)Nc4cc(Cl)ccc4Cl)c3)C(=O)[C@@H]12. The van der Waals surface area contributed by atoms with Crippen molar-refractivity contribution < 1.29 is 23.9 Å². The Balaban J connectivity index is 1.26. The molecule has 9 heteroatoms. The van der Waals surface area contributed by atoms with Gasteiger partial charge in [-0.05, 0) is 61.6 Å². The third-order valence-corrected chi connectivity index (χ3v) is 7.32. The zero-order valence-corrected chi connectivity index (χ0v) is 19.6. The molecule has 174 valence electrons. The predicted molar refractivity (Wildman–Crippen MR) is 127 cm³/mol. The summed E-state index contributed by atoms with van der Waals surface area (Å²) < 4.78 is 5.11. The minimum absolute atomic E-state index is 0.0936. The third kappa shape index (κ3) is 3.79. The average molecular weight is 499 g/mol. The van der Waals surface area contributed by atoms with Crippen LogP contribution >= 0.6 is 23.2 Å². The molecule has 3 aliphatic rings. The van der Waals surface area contributed by atoms with E-state index >= 15 is 0 Å². The molecule has 0 unspecified atom stereocenters. The minimum Gasteiger partial charge on any atom is -0.452 e. The van der Waals surface area contributed by atoms with Gasteiger partial charge in [0.15, 0.2) is 6.61 Å². The van der Waals surface area contributed by atoms with Crippen LogP contribution in [-0.2, 0) is 19.1 Å². The summed E-state index contributed by atoms with van der Waals surface area (Å²) in [6.07, 6.45) is 2.96. The van der Waals surface area contributed by atoms with Gasteiger partial charge in [0.05, 0.1) is 33.8 Å². The van der Waals surface area contributed by atoms with Crippen molar-refractivity contribution in [1.29, 1.82) is 0 Å². The van der Waals surface area contributed by atoms with Gasteiger partial charge in [0.1, 0.15) is 0 Å². The fourth-order valence-electron chi connectivity index (χ4n) is 5.29. The molecule has 1 aliphatic heterocycles. The highest BCUT2D eigenvalue weighted by Gasteiger charge is 2.60. The summed E-state index contributed by atoms with van der Waals surface area (Å²) >= 11 is 11.9. The molecule has 2 aliphatic carbocycles. The van der Waals surface area contributed by atoms with Crippen molar-refractivity contribution in [3.05, 3.63) is 69.7 Å². The number of nitrogens with one attached hydrogen (secondary N) is 1. The average Bonchev–Trinajstić information content (AvgIpc) is 3.45. The molecule has 1 saturated heterocycles. The van der Waals surface area contributed by atoms with Gasteiger partial charge in [0.2, 0.25) is 11.8 Å². The van der Waals surface area contributed by atoms with E-state index in [1.54, 1.807) is 18.2 Å². The van der Waals surface area contributed by atoms with E-state index in [9.17, 15) is 19.2 Å². The number of hydrogen-bond donors (Lipinski definition) is 1. The summed E-state index contributed by atoms with van der Waals surface area (Å²) in [5.74, 6) is -2.27. The number of imide groups is 1. The van der Waals surface area contributed by atoms with Gasteiger partial charge in [0.25, 0.3) is 5.91 Å². The predicted octanol–water partition coefficient (Wildman–Crippen LogP) is 4.49. The molecule has 2 aromatic rings. The number of hydrogen-bond acceptors (Lipinski definition) is 5. The maximum atomic E-state index is 13.1. The van der Waals surface area contributed by atoms with E-state index in [2.05, 4.69) is 11.4 Å². The van der Waals surface area contributed by atoms with Gasteiger partial charge in [0, 0.05) is 5.02 Å². The molecule has 7 nitrogen and oxygen atoms in total. The first-order chi connectivity index (χ1) is 16.2. The number of fused-ring (bicyclic) bond motifs is 5. The Morgan fingerprint density at radius 2 is 1.85 bits per heavy atom. The van der Waals surface area contributed by atoms with Gasteiger partial charge in [-0.25, -0.2) is 9.69 Å². The second kappa shape index (κ2) is 8.56. The second-order valence-electron chi connectivity index (χ2n) is 8.78. The number of nitrogens with zero attached hydrogens (tertiary/aromatic N) is 1. The monoisotopic (exact) mass is 498 g/mol. The standard InChI is InChI=1S/C25H20Cl2N2O5/c1-12-7-14-9-17(12)22-21(14)23(31)29(24(22)32)16-4-2-3-13(8-16)25(33)34-11-20(30)28-19-10-15(26)5-6-18(19)27/h2-8,10,14,17,21-22H,9,11H2,1H3,(H,28,30)/t14-,17+,21+,22+/m0/s1. The van der Waals surface area contributed by atoms with E-state index in [4.69, 9.17) is 27.9 Å². The van der Waals surface area contributed by atoms with E-state index < -0.39 is 18.5 Å². The highest BCUT2D eigenvalue weighted by Crippen LogP contribution is 2.55. The second-order valence-corrected chi connectivity index (χ2v) is 9.62. The first kappa shape index (κ1) is 22.6. The molecule has 34 heavy (non-hydrogen) atoms. The quantitative estimate of drug-likeness (QED) is 0.372. The largest absolute Gasteiger partial charge is 0.452 e. The van der Waals surface area contributed by atoms with E-state index in [0.717, 1.165) is 6.42 Å². The van der Waals surface area contributed by atoms with Gasteiger partial charge in [-0.1, -0.05) is 40.9 Å². The van der Waals surface area contributed by atoms with E-state index in [1.807, 2.05) is 6.92 Å². The fraction of sp³-hybridized carbons (Fsp3) is 0.280. The van der Waals surface area contributed by atoms with Crippen LogP contribution in [0.3, 0.4) is 0 Å². The summed E-state index contributed by atoms with van der Waals surface area (Å²) in [6.45, 7) is 1.46. The smallest absolute Gasteiger partial charge is 0.338 e. The van der Waals surface area contributed by atoms with Crippen molar-refractivity contribution in [3.8, 4) is 0 Å². The summed E-state index contributed by atoms with van der Waals surface area (Å²) in [6, 6.07) is 10.7. The summed E-state index contributed by atoms with van der Waals surface area (Å²) in [7, 11) is 0. The Morgan fingerprint density at radius 3 is 2.65 bits per heavy atom. The lowest BCUT2D eigenvalue weighted by molar-refractivity contribution is -0.123. The van der Waals surface area contributed by atoms with Crippen molar-refractivity contribution in [2.24, 2.45) is 23.7 Å². The zero-order valence-electron chi connectivity index (χ0n) is 18.1. The molecular weight excluding hydrogens is 479 g/mol. The van der Waals surface area contributed by atoms with Crippen LogP contribution in [0.15, 0.2) is 54.1 Å². The number of rotatable bonds is 5. The maximum Gasteiger partial charge on any atom is 0.338 e. The Hall–Kier alpha value is -3.16. The molecule has 2 fully saturated rings. The summed E-state index contributed by atoms with van der Waals surface area (Å²) in [5, 5.41) is 3.21. The molecule has 1 N–H and O–H groups in total. The number of anilines is 2. The third-order valence-electron chi connectivity index (χ3n) is 6.76. The highest BCUT2D eigenvalue weighted by molar-refractivity contribution is 6.35. The van der Waals surface area contributed by atoms with Crippen LogP contribution in [0.2, 0.25) is 10.0 Å². The Bertz CT molecular complexity index is 1270. The van der Waals surface area contributed by atoms with Crippen molar-refractivity contribution in [3.63, 3.8) is 0 Å². The number of benzene rings is 2. The van der Waals surface area contributed by atoms with E-state index in [-0.39, 0.29) is 41.0 Å². The Kier molecular flexibility index (Phi) is 5.70. The molecular formula is C25H20Cl2N2O5. The molecule has 0 radical (unpaired) electrons. The number of esters is 1. The fourth-order valence-corrected chi connectivity index (χ4v) is 5.63. The topological polar surface area (TPSA) is 92.8 Å². The number of halogens is 2. The molecule has 3 amide bonds. The Labute approximate surface area is 205 Å². The summed E-state index contributed by atoms with van der Waals surface area (Å²) in [5.41, 5.74) is 1.92. The molecule has 4 atom stereocenters. The number of carbonyl (C=O) groups excluding carboxylic acids is 4. The molecule has 1 saturated carbocycles. The van der Waals surface area contributed by atoms with E-state index in [0.29, 0.717) is 21.4 Å². The summed E-state index contributed by atoms with van der Waals surface area (Å²) in [4.78, 5) is 52.2. The highest BCUT2D eigenvalue weighted by atomic mass is 35.5. The first-order valence-corrected chi connectivity index (χ1v) is 11.6. The minimum atomic E-state index is -0.758. The van der Waals surface area contributed by atoms with Crippen LogP contribution in [0.4, 0.5) is 11.4 Å². The van der Waals surface area contributed by atoms with Crippen molar-refractivity contribution in [1.82, 2.24) is 0 Å². The molecule has 0 aromatic heterocycles. The zero-order chi connectivity index (χ0) is 24.1. The number of allylic oxidation sites excluding steroid dienone is 2. The normalized spacial score (nSPS) is 24.8. The van der Waals surface area contributed by atoms with Gasteiger partial charge in [-0.3, -0.25) is 14.4 Å². The first-order valence-electron chi connectivity index (χ1n) is 10.8. The molecule has 0 spiro atoms. The van der Waals surface area contributed by atoms with Gasteiger partial charge in [-0.15, -0.1) is 0 Å².